The van der Waals surface area contributed by atoms with Gasteiger partial charge in [-0.05, 0) is 50.6 Å². The maximum atomic E-state index is 13.3. The highest BCUT2D eigenvalue weighted by molar-refractivity contribution is 7.92. The summed E-state index contributed by atoms with van der Waals surface area (Å²) in [6.07, 6.45) is 0. The predicted octanol–water partition coefficient (Wildman–Crippen LogP) is 3.30. The number of rotatable bonds is 8. The summed E-state index contributed by atoms with van der Waals surface area (Å²) in [4.78, 5) is 24.4. The molecule has 2 aromatic carbocycles. The van der Waals surface area contributed by atoms with Gasteiger partial charge in [-0.1, -0.05) is 29.4 Å². The maximum Gasteiger partial charge on any atom is 0.338 e. The van der Waals surface area contributed by atoms with Gasteiger partial charge in [-0.2, -0.15) is 0 Å². The van der Waals surface area contributed by atoms with Gasteiger partial charge in [0.05, 0.1) is 21.8 Å². The second kappa shape index (κ2) is 9.65. The van der Waals surface area contributed by atoms with E-state index in [4.69, 9.17) is 9.26 Å². The monoisotopic (exact) mass is 457 g/mol. The van der Waals surface area contributed by atoms with E-state index in [-0.39, 0.29) is 22.9 Å². The van der Waals surface area contributed by atoms with Crippen LogP contribution >= 0.6 is 0 Å². The van der Waals surface area contributed by atoms with Crippen LogP contribution in [0.3, 0.4) is 0 Å². The number of ether oxygens (including phenoxy) is 1. The van der Waals surface area contributed by atoms with E-state index in [1.165, 1.54) is 28.6 Å². The molecule has 0 bridgehead atoms. The lowest BCUT2D eigenvalue weighted by Gasteiger charge is -2.24. The van der Waals surface area contributed by atoms with Gasteiger partial charge in [0.25, 0.3) is 15.9 Å². The van der Waals surface area contributed by atoms with Crippen LogP contribution in [0.15, 0.2) is 64.0 Å². The van der Waals surface area contributed by atoms with E-state index < -0.39 is 28.5 Å². The molecule has 1 N–H and O–H groups in total. The number of benzene rings is 2. The molecule has 168 valence electrons. The molecule has 3 rings (SSSR count). The Bertz CT molecular complexity index is 1220. The molecule has 0 spiro atoms. The van der Waals surface area contributed by atoms with Crippen LogP contribution in [0.25, 0.3) is 0 Å². The highest BCUT2D eigenvalue weighted by atomic mass is 32.2. The van der Waals surface area contributed by atoms with E-state index in [2.05, 4.69) is 10.5 Å². The van der Waals surface area contributed by atoms with Crippen LogP contribution in [0.2, 0.25) is 0 Å². The van der Waals surface area contributed by atoms with Crippen molar-refractivity contribution in [3.63, 3.8) is 0 Å². The number of amides is 1. The van der Waals surface area contributed by atoms with Crippen LogP contribution in [0, 0.1) is 13.8 Å². The Morgan fingerprint density at radius 3 is 2.44 bits per heavy atom. The van der Waals surface area contributed by atoms with Gasteiger partial charge in [0.15, 0.2) is 6.61 Å². The van der Waals surface area contributed by atoms with E-state index >= 15 is 0 Å². The topological polar surface area (TPSA) is 119 Å². The number of hydrogen-bond donors (Lipinski definition) is 1. The number of carbonyl (C=O) groups is 2. The molecule has 0 saturated heterocycles. The average molecular weight is 458 g/mol. The summed E-state index contributed by atoms with van der Waals surface area (Å²) in [7, 11) is -3.93. The average Bonchev–Trinajstić information content (AvgIpc) is 3.17. The molecule has 0 aliphatic carbocycles. The fraction of sp³-hybridized carbons (Fsp3) is 0.227. The van der Waals surface area contributed by atoms with Crippen LogP contribution < -0.4 is 9.62 Å². The summed E-state index contributed by atoms with van der Waals surface area (Å²) >= 11 is 0. The Kier molecular flexibility index (Phi) is 6.94. The van der Waals surface area contributed by atoms with Crippen LogP contribution in [0.1, 0.15) is 28.5 Å². The van der Waals surface area contributed by atoms with Gasteiger partial charge in [-0.15, -0.1) is 0 Å². The van der Waals surface area contributed by atoms with Crippen molar-refractivity contribution in [3.8, 4) is 0 Å². The maximum absolute atomic E-state index is 13.3. The molecule has 1 amide bonds. The summed E-state index contributed by atoms with van der Waals surface area (Å²) in [5.41, 5.74) is 1.60. The molecule has 0 atom stereocenters. The molecule has 9 nitrogen and oxygen atoms in total. The first-order valence-corrected chi connectivity index (χ1v) is 11.2. The Labute approximate surface area is 186 Å². The van der Waals surface area contributed by atoms with Gasteiger partial charge >= 0.3 is 5.97 Å². The lowest BCUT2D eigenvalue weighted by Crippen LogP contribution is -2.31. The normalized spacial score (nSPS) is 11.1. The van der Waals surface area contributed by atoms with Crippen molar-refractivity contribution in [2.75, 3.05) is 22.8 Å². The fourth-order valence-electron chi connectivity index (χ4n) is 3.02. The Hall–Kier alpha value is -3.66. The van der Waals surface area contributed by atoms with Gasteiger partial charge in [0, 0.05) is 12.6 Å². The molecule has 32 heavy (non-hydrogen) atoms. The predicted molar refractivity (Wildman–Crippen MR) is 118 cm³/mol. The van der Waals surface area contributed by atoms with Gasteiger partial charge in [0.1, 0.15) is 0 Å². The fourth-order valence-corrected chi connectivity index (χ4v) is 4.75. The summed E-state index contributed by atoms with van der Waals surface area (Å²) < 4.78 is 37.8. The first-order valence-electron chi connectivity index (χ1n) is 9.81. The zero-order valence-corrected chi connectivity index (χ0v) is 18.7. The smallest absolute Gasteiger partial charge is 0.338 e. The van der Waals surface area contributed by atoms with Crippen LogP contribution in [0.4, 0.5) is 11.6 Å². The van der Waals surface area contributed by atoms with Crippen LogP contribution in [-0.4, -0.2) is 38.6 Å². The van der Waals surface area contributed by atoms with Crippen molar-refractivity contribution >= 4 is 33.5 Å². The Morgan fingerprint density at radius 1 is 1.09 bits per heavy atom. The minimum atomic E-state index is -3.93. The van der Waals surface area contributed by atoms with Crippen molar-refractivity contribution in [3.05, 3.63) is 71.4 Å². The zero-order chi connectivity index (χ0) is 23.3. The van der Waals surface area contributed by atoms with Crippen molar-refractivity contribution in [1.82, 2.24) is 5.16 Å². The molecule has 10 heteroatoms. The van der Waals surface area contributed by atoms with E-state index in [9.17, 15) is 18.0 Å². The zero-order valence-electron chi connectivity index (χ0n) is 17.9. The summed E-state index contributed by atoms with van der Waals surface area (Å²) in [6, 6.07) is 14.4. The number of anilines is 2. The number of esters is 1. The van der Waals surface area contributed by atoms with Crippen LogP contribution in [0.5, 0.6) is 0 Å². The van der Waals surface area contributed by atoms with E-state index in [1.807, 2.05) is 0 Å². The Morgan fingerprint density at radius 2 is 1.81 bits per heavy atom. The standard InChI is InChI=1S/C22H23N3O6S/c1-4-25(18-8-6-5-7-9-18)32(28,29)19-13-17(11-10-15(19)2)22(27)30-14-20(26)23-21-12-16(3)24-31-21/h5-13H,4,14H2,1-3H3,(H,23,26). The molecule has 3 aromatic rings. The lowest BCUT2D eigenvalue weighted by molar-refractivity contribution is -0.119. The molecule has 0 aliphatic heterocycles. The SMILES string of the molecule is CCN(c1ccccc1)S(=O)(=O)c1cc(C(=O)OCC(=O)Nc2cc(C)no2)ccc1C. The highest BCUT2D eigenvalue weighted by Gasteiger charge is 2.26. The van der Waals surface area contributed by atoms with Crippen molar-refractivity contribution < 1.29 is 27.3 Å². The molecule has 0 saturated carbocycles. The molecule has 1 heterocycles. The summed E-state index contributed by atoms with van der Waals surface area (Å²) in [5, 5.41) is 6.05. The molecular formula is C22H23N3O6S. The third-order valence-corrected chi connectivity index (χ3v) is 6.59. The van der Waals surface area contributed by atoms with Gasteiger partial charge in [-0.25, -0.2) is 13.2 Å². The first kappa shape index (κ1) is 23.0. The van der Waals surface area contributed by atoms with E-state index in [0.717, 1.165) is 0 Å². The minimum Gasteiger partial charge on any atom is -0.452 e. The van der Waals surface area contributed by atoms with E-state index in [1.54, 1.807) is 51.1 Å². The second-order valence-corrected chi connectivity index (χ2v) is 8.77. The number of hydrogen-bond acceptors (Lipinski definition) is 7. The summed E-state index contributed by atoms with van der Waals surface area (Å²) in [5.74, 6) is -1.31. The number of sulfonamides is 1. The minimum absolute atomic E-state index is 0.0146. The highest BCUT2D eigenvalue weighted by Crippen LogP contribution is 2.26. The number of nitrogens with zero attached hydrogens (tertiary/aromatic N) is 2. The Balaban J connectivity index is 1.77. The second-order valence-electron chi connectivity index (χ2n) is 6.94. The third kappa shape index (κ3) is 5.14. The number of aryl methyl sites for hydroxylation is 2. The lowest BCUT2D eigenvalue weighted by atomic mass is 10.1. The molecule has 0 aliphatic rings. The van der Waals surface area contributed by atoms with Gasteiger partial charge in [0.2, 0.25) is 5.88 Å². The number of carbonyl (C=O) groups excluding carboxylic acids is 2. The number of nitrogens with one attached hydrogen (secondary N) is 1. The van der Waals surface area contributed by atoms with Crippen molar-refractivity contribution in [2.45, 2.75) is 25.7 Å². The number of para-hydroxylation sites is 1. The quantitative estimate of drug-likeness (QED) is 0.516. The summed E-state index contributed by atoms with van der Waals surface area (Å²) in [6.45, 7) is 4.71. The van der Waals surface area contributed by atoms with Crippen molar-refractivity contribution in [1.29, 1.82) is 0 Å². The number of aromatic nitrogens is 1. The first-order chi connectivity index (χ1) is 15.2. The molecule has 0 radical (unpaired) electrons. The van der Waals surface area contributed by atoms with Gasteiger partial charge < -0.3 is 9.26 Å². The largest absolute Gasteiger partial charge is 0.452 e. The molecular weight excluding hydrogens is 434 g/mol. The van der Waals surface area contributed by atoms with Crippen LogP contribution in [-0.2, 0) is 19.6 Å². The molecule has 0 unspecified atom stereocenters. The van der Waals surface area contributed by atoms with E-state index in [0.29, 0.717) is 16.9 Å². The molecule has 0 fully saturated rings. The molecule has 1 aromatic heterocycles. The van der Waals surface area contributed by atoms with Crippen molar-refractivity contribution in [2.24, 2.45) is 0 Å². The third-order valence-electron chi connectivity index (χ3n) is 4.55. The van der Waals surface area contributed by atoms with Gasteiger partial charge in [-0.3, -0.25) is 14.4 Å².